The summed E-state index contributed by atoms with van der Waals surface area (Å²) in [5, 5.41) is -0.111. The van der Waals surface area contributed by atoms with E-state index in [-0.39, 0.29) is 29.1 Å². The lowest BCUT2D eigenvalue weighted by molar-refractivity contribution is 0.111. The molecule has 7 nitrogen and oxygen atoms in total. The first-order chi connectivity index (χ1) is 12.9. The predicted molar refractivity (Wildman–Crippen MR) is 99.3 cm³/mol. The fourth-order valence-electron chi connectivity index (χ4n) is 2.67. The Morgan fingerprint density at radius 3 is 2.37 bits per heavy atom. The molecule has 0 fully saturated rings. The molecular formula is C19H19N3O4S. The summed E-state index contributed by atoms with van der Waals surface area (Å²) in [6.07, 6.45) is 3.75. The van der Waals surface area contributed by atoms with Crippen LogP contribution in [0.2, 0.25) is 0 Å². The first-order valence-corrected chi connectivity index (χ1v) is 9.77. The Hall–Kier alpha value is -3.00. The van der Waals surface area contributed by atoms with Gasteiger partial charge in [-0.15, -0.1) is 0 Å². The smallest absolute Gasteiger partial charge is 0.357 e. The molecule has 140 valence electrons. The number of aromatic nitrogens is 3. The average molecular weight is 385 g/mol. The molecule has 2 heterocycles. The summed E-state index contributed by atoms with van der Waals surface area (Å²) in [7, 11) is -4.20. The maximum absolute atomic E-state index is 13.1. The summed E-state index contributed by atoms with van der Waals surface area (Å²) in [4.78, 5) is 19.8. The number of rotatable bonds is 7. The number of carbonyl (C=O) groups excluding carboxylic acids is 1. The number of hydrogen-bond donors (Lipinski definition) is 0. The zero-order valence-corrected chi connectivity index (χ0v) is 15.8. The summed E-state index contributed by atoms with van der Waals surface area (Å²) in [5.74, 6) is 0.00816. The molecular weight excluding hydrogens is 366 g/mol. The summed E-state index contributed by atoms with van der Waals surface area (Å²) in [5.41, 5.74) is 1.08. The molecule has 8 heteroatoms. The van der Waals surface area contributed by atoms with Crippen molar-refractivity contribution in [3.05, 3.63) is 71.9 Å². The van der Waals surface area contributed by atoms with E-state index in [1.54, 1.807) is 54.9 Å². The van der Waals surface area contributed by atoms with E-state index < -0.39 is 10.1 Å². The number of pyridine rings is 1. The predicted octanol–water partition coefficient (Wildman–Crippen LogP) is 3.03. The Bertz CT molecular complexity index is 1030. The van der Waals surface area contributed by atoms with E-state index in [0.29, 0.717) is 12.0 Å². The molecule has 0 aliphatic rings. The molecule has 0 radical (unpaired) electrons. The summed E-state index contributed by atoms with van der Waals surface area (Å²) < 4.78 is 32.8. The Morgan fingerprint density at radius 2 is 1.78 bits per heavy atom. The highest BCUT2D eigenvalue weighted by Gasteiger charge is 2.31. The summed E-state index contributed by atoms with van der Waals surface area (Å²) >= 11 is 0. The van der Waals surface area contributed by atoms with Crippen molar-refractivity contribution >= 4 is 16.4 Å². The second-order valence-electron chi connectivity index (χ2n) is 6.23. The van der Waals surface area contributed by atoms with Gasteiger partial charge in [-0.05, 0) is 35.7 Å². The van der Waals surface area contributed by atoms with Crippen LogP contribution in [0.15, 0.2) is 59.9 Å². The van der Waals surface area contributed by atoms with E-state index in [1.807, 2.05) is 13.8 Å². The molecule has 3 rings (SSSR count). The number of nitrogens with zero attached hydrogens (tertiary/aromatic N) is 3. The van der Waals surface area contributed by atoms with Crippen molar-refractivity contribution in [2.24, 2.45) is 0 Å². The molecule has 0 aliphatic heterocycles. The van der Waals surface area contributed by atoms with Gasteiger partial charge >= 0.3 is 10.1 Å². The van der Waals surface area contributed by atoms with Crippen LogP contribution in [0.5, 0.6) is 5.75 Å². The van der Waals surface area contributed by atoms with E-state index >= 15 is 0 Å². The van der Waals surface area contributed by atoms with Crippen LogP contribution in [0.1, 0.15) is 41.6 Å². The van der Waals surface area contributed by atoms with Crippen LogP contribution < -0.4 is 4.18 Å². The van der Waals surface area contributed by atoms with Crippen molar-refractivity contribution in [2.75, 3.05) is 0 Å². The number of para-hydroxylation sites is 1. The fourth-order valence-corrected chi connectivity index (χ4v) is 4.08. The van der Waals surface area contributed by atoms with E-state index in [0.717, 1.165) is 5.56 Å². The molecule has 0 unspecified atom stereocenters. The minimum atomic E-state index is -4.20. The van der Waals surface area contributed by atoms with Crippen molar-refractivity contribution in [1.82, 2.24) is 14.5 Å². The third kappa shape index (κ3) is 4.06. The molecule has 1 aromatic carbocycles. The molecule has 0 aliphatic carbocycles. The van der Waals surface area contributed by atoms with Crippen molar-refractivity contribution in [1.29, 1.82) is 0 Å². The number of aldehydes is 1. The monoisotopic (exact) mass is 385 g/mol. The molecule has 0 amide bonds. The van der Waals surface area contributed by atoms with Gasteiger partial charge in [-0.1, -0.05) is 32.0 Å². The van der Waals surface area contributed by atoms with Gasteiger partial charge < -0.3 is 8.75 Å². The highest BCUT2D eigenvalue weighted by atomic mass is 32.2. The quantitative estimate of drug-likeness (QED) is 0.459. The molecule has 0 saturated carbocycles. The van der Waals surface area contributed by atoms with Gasteiger partial charge in [0.1, 0.15) is 5.75 Å². The second-order valence-corrected chi connectivity index (χ2v) is 7.69. The third-order valence-electron chi connectivity index (χ3n) is 3.90. The van der Waals surface area contributed by atoms with Gasteiger partial charge in [-0.3, -0.25) is 9.78 Å². The zero-order valence-electron chi connectivity index (χ0n) is 14.9. The lowest BCUT2D eigenvalue weighted by atomic mass is 10.1. The SMILES string of the molecule is CC(C)c1nc(C=O)n(Cc2ccncc2)c1S(=O)(=O)Oc1ccccc1. The van der Waals surface area contributed by atoms with E-state index in [4.69, 9.17) is 4.18 Å². The van der Waals surface area contributed by atoms with E-state index in [2.05, 4.69) is 9.97 Å². The van der Waals surface area contributed by atoms with Crippen LogP contribution in [0.25, 0.3) is 0 Å². The van der Waals surface area contributed by atoms with Crippen molar-refractivity contribution in [3.63, 3.8) is 0 Å². The molecule has 27 heavy (non-hydrogen) atoms. The standard InChI is InChI=1S/C19H19N3O4S/c1-14(2)18-19(27(24,25)26-16-6-4-3-5-7-16)22(17(13-23)21-18)12-15-8-10-20-11-9-15/h3-11,13-14H,12H2,1-2H3. The average Bonchev–Trinajstić information content (AvgIpc) is 3.02. The lowest BCUT2D eigenvalue weighted by Gasteiger charge is -2.13. The number of imidazole rings is 1. The van der Waals surface area contributed by atoms with Crippen LogP contribution in [0.4, 0.5) is 0 Å². The van der Waals surface area contributed by atoms with Gasteiger partial charge in [0, 0.05) is 12.4 Å². The molecule has 0 spiro atoms. The van der Waals surface area contributed by atoms with Crippen LogP contribution >= 0.6 is 0 Å². The Balaban J connectivity index is 2.14. The fraction of sp³-hybridized carbons (Fsp3) is 0.211. The minimum absolute atomic E-state index is 0.0331. The van der Waals surface area contributed by atoms with Gasteiger partial charge in [-0.25, -0.2) is 4.98 Å². The second kappa shape index (κ2) is 7.71. The third-order valence-corrected chi connectivity index (χ3v) is 5.22. The molecule has 0 saturated heterocycles. The zero-order chi connectivity index (χ0) is 19.4. The number of benzene rings is 1. The lowest BCUT2D eigenvalue weighted by Crippen LogP contribution is -2.19. The molecule has 3 aromatic rings. The summed E-state index contributed by atoms with van der Waals surface area (Å²) in [6, 6.07) is 11.7. The molecule has 0 bridgehead atoms. The summed E-state index contributed by atoms with van der Waals surface area (Å²) in [6.45, 7) is 3.79. The van der Waals surface area contributed by atoms with Gasteiger partial charge in [0.25, 0.3) is 0 Å². The van der Waals surface area contributed by atoms with Crippen LogP contribution in [0, 0.1) is 0 Å². The Kier molecular flexibility index (Phi) is 5.36. The normalized spacial score (nSPS) is 11.5. The number of hydrogen-bond acceptors (Lipinski definition) is 6. The minimum Gasteiger partial charge on any atom is -0.378 e. The maximum atomic E-state index is 13.1. The van der Waals surface area contributed by atoms with Gasteiger partial charge in [0.15, 0.2) is 17.1 Å². The number of carbonyl (C=O) groups is 1. The van der Waals surface area contributed by atoms with Gasteiger partial charge in [0.05, 0.1) is 12.2 Å². The van der Waals surface area contributed by atoms with Crippen molar-refractivity contribution in [2.45, 2.75) is 31.3 Å². The molecule has 0 atom stereocenters. The van der Waals surface area contributed by atoms with Crippen molar-refractivity contribution in [3.8, 4) is 5.75 Å². The van der Waals surface area contributed by atoms with Gasteiger partial charge in [0.2, 0.25) is 0 Å². The van der Waals surface area contributed by atoms with E-state index in [9.17, 15) is 13.2 Å². The van der Waals surface area contributed by atoms with Crippen LogP contribution in [-0.2, 0) is 16.7 Å². The first-order valence-electron chi connectivity index (χ1n) is 8.36. The first kappa shape index (κ1) is 18.8. The topological polar surface area (TPSA) is 91.1 Å². The molecule has 2 aromatic heterocycles. The molecule has 0 N–H and O–H groups in total. The highest BCUT2D eigenvalue weighted by Crippen LogP contribution is 2.28. The van der Waals surface area contributed by atoms with E-state index in [1.165, 1.54) is 4.57 Å². The Labute approximate surface area is 157 Å². The highest BCUT2D eigenvalue weighted by molar-refractivity contribution is 7.87. The van der Waals surface area contributed by atoms with Crippen LogP contribution in [0.3, 0.4) is 0 Å². The van der Waals surface area contributed by atoms with Gasteiger partial charge in [-0.2, -0.15) is 8.42 Å². The van der Waals surface area contributed by atoms with Crippen molar-refractivity contribution < 1.29 is 17.4 Å². The largest absolute Gasteiger partial charge is 0.378 e. The maximum Gasteiger partial charge on any atom is 0.357 e. The van der Waals surface area contributed by atoms with Crippen LogP contribution in [-0.4, -0.2) is 29.2 Å². The Morgan fingerprint density at radius 1 is 1.11 bits per heavy atom.